The van der Waals surface area contributed by atoms with E-state index in [-0.39, 0.29) is 51.0 Å². The molecule has 1 saturated heterocycles. The van der Waals surface area contributed by atoms with Gasteiger partial charge in [0.2, 0.25) is 0 Å². The van der Waals surface area contributed by atoms with E-state index in [4.69, 9.17) is 0 Å². The Morgan fingerprint density at radius 1 is 1.26 bits per heavy atom. The summed E-state index contributed by atoms with van der Waals surface area (Å²) in [6, 6.07) is 10.0. The SMILES string of the molecule is C[c-]1ccc([Si]2(C)CCC2)c1.[C-]1=CC=CC1.[Cl-].[Cl-].[Zr+4]. The minimum atomic E-state index is -0.852. The number of rotatable bonds is 1. The molecular weight excluding hydrogens is 370 g/mol. The predicted molar refractivity (Wildman–Crippen MR) is 73.8 cm³/mol. The Labute approximate surface area is 150 Å². The summed E-state index contributed by atoms with van der Waals surface area (Å²) in [6.45, 7) is 4.71. The van der Waals surface area contributed by atoms with Gasteiger partial charge in [0, 0.05) is 8.07 Å². The Kier molecular flexibility index (Phi) is 11.8. The van der Waals surface area contributed by atoms with E-state index in [2.05, 4.69) is 43.8 Å². The number of hydrogen-bond donors (Lipinski definition) is 0. The zero-order valence-electron chi connectivity index (χ0n) is 11.5. The zero-order chi connectivity index (χ0) is 11.4. The summed E-state index contributed by atoms with van der Waals surface area (Å²) in [6.07, 6.45) is 11.5. The molecule has 0 unspecified atom stereocenters. The first-order valence-corrected chi connectivity index (χ1v) is 9.08. The topological polar surface area (TPSA) is 0 Å². The quantitative estimate of drug-likeness (QED) is 0.374. The van der Waals surface area contributed by atoms with Crippen LogP contribution in [0.2, 0.25) is 18.6 Å². The van der Waals surface area contributed by atoms with Crippen molar-refractivity contribution in [2.45, 2.75) is 38.4 Å². The molecule has 0 nitrogen and oxygen atoms in total. The van der Waals surface area contributed by atoms with Crippen LogP contribution in [-0.4, -0.2) is 8.07 Å². The first kappa shape index (κ1) is 21.8. The van der Waals surface area contributed by atoms with Crippen molar-refractivity contribution in [1.29, 1.82) is 0 Å². The molecule has 1 aromatic carbocycles. The fourth-order valence-electron chi connectivity index (χ4n) is 2.27. The van der Waals surface area contributed by atoms with Crippen LogP contribution in [0.1, 0.15) is 18.4 Å². The Bertz CT molecular complexity index is 396. The van der Waals surface area contributed by atoms with Crippen LogP contribution in [0.4, 0.5) is 0 Å². The van der Waals surface area contributed by atoms with Gasteiger partial charge in [0.1, 0.15) is 0 Å². The molecule has 102 valence electrons. The van der Waals surface area contributed by atoms with Gasteiger partial charge in [0.25, 0.3) is 0 Å². The van der Waals surface area contributed by atoms with Crippen LogP contribution in [0.15, 0.2) is 36.4 Å². The van der Waals surface area contributed by atoms with Gasteiger partial charge in [0.05, 0.1) is 0 Å². The first-order chi connectivity index (χ1) is 7.71. The second kappa shape index (κ2) is 10.3. The normalized spacial score (nSPS) is 16.9. The molecule has 0 saturated carbocycles. The number of halogens is 2. The van der Waals surface area contributed by atoms with E-state index in [1.54, 1.807) is 5.19 Å². The van der Waals surface area contributed by atoms with E-state index in [0.717, 1.165) is 6.42 Å². The molecule has 0 radical (unpaired) electrons. The van der Waals surface area contributed by atoms with Gasteiger partial charge in [-0.05, 0) is 0 Å². The van der Waals surface area contributed by atoms with Crippen molar-refractivity contribution in [2.75, 3.05) is 0 Å². The zero-order valence-corrected chi connectivity index (χ0v) is 16.5. The minimum Gasteiger partial charge on any atom is -1.00 e. The van der Waals surface area contributed by atoms with Crippen LogP contribution in [0.5, 0.6) is 0 Å². The van der Waals surface area contributed by atoms with Gasteiger partial charge in [-0.2, -0.15) is 23.8 Å². The fourth-order valence-corrected chi connectivity index (χ4v) is 5.33. The molecule has 0 atom stereocenters. The summed E-state index contributed by atoms with van der Waals surface area (Å²) < 4.78 is 0. The molecule has 1 heterocycles. The number of hydrogen-bond acceptors (Lipinski definition) is 0. The molecule has 1 aliphatic carbocycles. The standard InChI is InChI=1S/C10H15Si.C5H5.2ClH.Zr/c1-9-4-5-10(8-9)11(2)6-3-7-11;1-2-4-5-3-1;;;/h4-5,8H,3,6-7H2,1-2H3;1-3H,4H2;2*1H;/q2*-1;;;+4/p-2. The third kappa shape index (κ3) is 6.21. The minimum absolute atomic E-state index is 0. The van der Waals surface area contributed by atoms with Crippen molar-refractivity contribution in [2.24, 2.45) is 0 Å². The number of allylic oxidation sites excluding steroid dienone is 4. The smallest absolute Gasteiger partial charge is 1.00 e. The van der Waals surface area contributed by atoms with Crippen molar-refractivity contribution in [3.63, 3.8) is 0 Å². The molecule has 1 aliphatic heterocycles. The van der Waals surface area contributed by atoms with Gasteiger partial charge in [0.15, 0.2) is 0 Å². The van der Waals surface area contributed by atoms with E-state index in [0.29, 0.717) is 0 Å². The van der Waals surface area contributed by atoms with Crippen LogP contribution in [0, 0.1) is 13.0 Å². The Morgan fingerprint density at radius 3 is 2.21 bits per heavy atom. The van der Waals surface area contributed by atoms with Crippen LogP contribution < -0.4 is 30.0 Å². The molecule has 0 bridgehead atoms. The largest absolute Gasteiger partial charge is 4.00 e. The van der Waals surface area contributed by atoms with Gasteiger partial charge < -0.3 is 24.8 Å². The van der Waals surface area contributed by atoms with Gasteiger partial charge in [-0.25, -0.2) is 23.4 Å². The summed E-state index contributed by atoms with van der Waals surface area (Å²) in [5.41, 5.74) is 1.45. The summed E-state index contributed by atoms with van der Waals surface area (Å²) in [7, 11) is -0.852. The molecular formula is C15H20Cl2SiZr. The van der Waals surface area contributed by atoms with E-state index >= 15 is 0 Å². The van der Waals surface area contributed by atoms with E-state index in [1.165, 1.54) is 24.1 Å². The van der Waals surface area contributed by atoms with Crippen LogP contribution in [0.25, 0.3) is 0 Å². The van der Waals surface area contributed by atoms with E-state index < -0.39 is 8.07 Å². The van der Waals surface area contributed by atoms with Gasteiger partial charge >= 0.3 is 26.2 Å². The molecule has 3 rings (SSSR count). The van der Waals surface area contributed by atoms with Crippen molar-refractivity contribution in [3.05, 3.63) is 48.1 Å². The molecule has 4 heteroatoms. The first-order valence-electron chi connectivity index (χ1n) is 6.16. The molecule has 0 amide bonds. The second-order valence-corrected chi connectivity index (χ2v) is 9.79. The van der Waals surface area contributed by atoms with Crippen LogP contribution in [-0.2, 0) is 26.2 Å². The van der Waals surface area contributed by atoms with Gasteiger partial charge in [-0.15, -0.1) is 6.42 Å². The molecule has 0 N–H and O–H groups in total. The van der Waals surface area contributed by atoms with E-state index in [1.807, 2.05) is 12.2 Å². The van der Waals surface area contributed by atoms with Crippen molar-refractivity contribution in [1.82, 2.24) is 0 Å². The number of aryl methyl sites for hydroxylation is 1. The summed E-state index contributed by atoms with van der Waals surface area (Å²) in [4.78, 5) is 0. The molecule has 0 aromatic heterocycles. The molecule has 19 heavy (non-hydrogen) atoms. The van der Waals surface area contributed by atoms with Crippen molar-refractivity contribution >= 4 is 13.3 Å². The molecule has 2 aliphatic rings. The van der Waals surface area contributed by atoms with E-state index in [9.17, 15) is 0 Å². The third-order valence-corrected chi connectivity index (χ3v) is 8.27. The average Bonchev–Trinajstić information content (AvgIpc) is 2.87. The van der Waals surface area contributed by atoms with Crippen molar-refractivity contribution < 1.29 is 51.0 Å². The Balaban J connectivity index is 0. The maximum atomic E-state index is 2.99. The Morgan fingerprint density at radius 2 is 1.95 bits per heavy atom. The fraction of sp³-hybridized carbons (Fsp3) is 0.400. The van der Waals surface area contributed by atoms with Crippen LogP contribution >= 0.6 is 0 Å². The molecule has 0 spiro atoms. The maximum Gasteiger partial charge on any atom is 4.00 e. The maximum absolute atomic E-state index is 2.99. The Hall–Kier alpha value is 0.510. The van der Waals surface area contributed by atoms with Crippen LogP contribution in [0.3, 0.4) is 0 Å². The van der Waals surface area contributed by atoms with Gasteiger partial charge in [-0.3, -0.25) is 6.08 Å². The average molecular weight is 391 g/mol. The monoisotopic (exact) mass is 388 g/mol. The summed E-state index contributed by atoms with van der Waals surface area (Å²) >= 11 is 0. The third-order valence-electron chi connectivity index (χ3n) is 3.65. The predicted octanol–water partition coefficient (Wildman–Crippen LogP) is -2.29. The molecule has 1 fully saturated rings. The van der Waals surface area contributed by atoms with Gasteiger partial charge in [-0.1, -0.05) is 32.0 Å². The summed E-state index contributed by atoms with van der Waals surface area (Å²) in [5, 5.41) is 1.70. The molecule has 1 aromatic rings. The second-order valence-electron chi connectivity index (χ2n) is 5.09. The van der Waals surface area contributed by atoms with Crippen molar-refractivity contribution in [3.8, 4) is 0 Å². The summed E-state index contributed by atoms with van der Waals surface area (Å²) in [5.74, 6) is 0.